The summed E-state index contributed by atoms with van der Waals surface area (Å²) in [6.07, 6.45) is 3.54. The highest BCUT2D eigenvalue weighted by molar-refractivity contribution is 5.42. The van der Waals surface area contributed by atoms with Crippen LogP contribution in [-0.2, 0) is 0 Å². The van der Waals surface area contributed by atoms with Crippen molar-refractivity contribution in [2.24, 2.45) is 5.92 Å². The Morgan fingerprint density at radius 2 is 1.85 bits per heavy atom. The average Bonchev–Trinajstić information content (AvgIpc) is 2.48. The molecule has 2 unspecified atom stereocenters. The topological polar surface area (TPSA) is 30.5 Å². The van der Waals surface area contributed by atoms with E-state index >= 15 is 0 Å². The number of hydrogen-bond acceptors (Lipinski definition) is 3. The van der Waals surface area contributed by atoms with Crippen molar-refractivity contribution in [1.82, 2.24) is 5.32 Å². The molecule has 3 nitrogen and oxygen atoms in total. The van der Waals surface area contributed by atoms with Crippen molar-refractivity contribution in [1.29, 1.82) is 0 Å². The van der Waals surface area contributed by atoms with Crippen LogP contribution in [0.1, 0.15) is 51.6 Å². The van der Waals surface area contributed by atoms with Crippen LogP contribution in [0.5, 0.6) is 11.5 Å². The summed E-state index contributed by atoms with van der Waals surface area (Å²) in [5.74, 6) is 2.32. The average molecular weight is 279 g/mol. The Hall–Kier alpha value is -1.22. The highest BCUT2D eigenvalue weighted by Gasteiger charge is 2.21. The quantitative estimate of drug-likeness (QED) is 0.735. The van der Waals surface area contributed by atoms with Gasteiger partial charge in [-0.2, -0.15) is 0 Å². The zero-order valence-corrected chi connectivity index (χ0v) is 13.5. The summed E-state index contributed by atoms with van der Waals surface area (Å²) in [7, 11) is 3.40. The Morgan fingerprint density at radius 1 is 1.10 bits per heavy atom. The van der Waals surface area contributed by atoms with Crippen LogP contribution in [0, 0.1) is 5.92 Å². The van der Waals surface area contributed by atoms with Crippen LogP contribution in [0.2, 0.25) is 0 Å². The fourth-order valence-electron chi connectivity index (χ4n) is 2.61. The number of nitrogens with one attached hydrogen (secondary N) is 1. The van der Waals surface area contributed by atoms with Crippen LogP contribution in [0.4, 0.5) is 0 Å². The van der Waals surface area contributed by atoms with Gasteiger partial charge in [0.05, 0.1) is 14.2 Å². The number of benzene rings is 1. The van der Waals surface area contributed by atoms with Gasteiger partial charge in [0, 0.05) is 17.7 Å². The van der Waals surface area contributed by atoms with E-state index in [1.807, 2.05) is 12.1 Å². The second-order valence-corrected chi connectivity index (χ2v) is 5.31. The SMILES string of the molecule is CCCNC(c1ccc(OC)cc1OC)C(C)CCC. The maximum atomic E-state index is 5.56. The molecule has 0 spiro atoms. The molecule has 114 valence electrons. The van der Waals surface area contributed by atoms with E-state index in [0.717, 1.165) is 24.5 Å². The van der Waals surface area contributed by atoms with Crippen LogP contribution >= 0.6 is 0 Å². The molecular formula is C17H29NO2. The zero-order valence-electron chi connectivity index (χ0n) is 13.5. The lowest BCUT2D eigenvalue weighted by atomic mass is 9.90. The van der Waals surface area contributed by atoms with Crippen molar-refractivity contribution in [3.05, 3.63) is 23.8 Å². The number of hydrogen-bond donors (Lipinski definition) is 1. The van der Waals surface area contributed by atoms with Crippen LogP contribution < -0.4 is 14.8 Å². The van der Waals surface area contributed by atoms with Gasteiger partial charge in [0.2, 0.25) is 0 Å². The molecule has 0 radical (unpaired) electrons. The minimum Gasteiger partial charge on any atom is -0.497 e. The lowest BCUT2D eigenvalue weighted by Crippen LogP contribution is -2.28. The molecule has 0 bridgehead atoms. The highest BCUT2D eigenvalue weighted by Crippen LogP contribution is 2.34. The summed E-state index contributed by atoms with van der Waals surface area (Å²) >= 11 is 0. The predicted octanol–water partition coefficient (Wildman–Crippen LogP) is 4.18. The first-order chi connectivity index (χ1) is 9.67. The maximum Gasteiger partial charge on any atom is 0.127 e. The van der Waals surface area contributed by atoms with Crippen LogP contribution in [-0.4, -0.2) is 20.8 Å². The summed E-state index contributed by atoms with van der Waals surface area (Å²) in [5.41, 5.74) is 1.22. The van der Waals surface area contributed by atoms with E-state index in [1.165, 1.54) is 18.4 Å². The Labute approximate surface area is 123 Å². The zero-order chi connectivity index (χ0) is 15.0. The first-order valence-electron chi connectivity index (χ1n) is 7.63. The molecule has 1 aromatic rings. The van der Waals surface area contributed by atoms with E-state index < -0.39 is 0 Å². The van der Waals surface area contributed by atoms with Gasteiger partial charge in [-0.05, 0) is 31.4 Å². The first-order valence-corrected chi connectivity index (χ1v) is 7.63. The van der Waals surface area contributed by atoms with Gasteiger partial charge in [-0.15, -0.1) is 0 Å². The lowest BCUT2D eigenvalue weighted by molar-refractivity contribution is 0.339. The number of rotatable bonds is 9. The van der Waals surface area contributed by atoms with E-state index in [9.17, 15) is 0 Å². The molecule has 0 heterocycles. The van der Waals surface area contributed by atoms with E-state index in [-0.39, 0.29) is 0 Å². The van der Waals surface area contributed by atoms with Crippen molar-refractivity contribution in [3.63, 3.8) is 0 Å². The molecule has 0 aliphatic heterocycles. The van der Waals surface area contributed by atoms with Gasteiger partial charge in [-0.25, -0.2) is 0 Å². The highest BCUT2D eigenvalue weighted by atomic mass is 16.5. The van der Waals surface area contributed by atoms with Gasteiger partial charge in [0.25, 0.3) is 0 Å². The lowest BCUT2D eigenvalue weighted by Gasteiger charge is -2.27. The largest absolute Gasteiger partial charge is 0.497 e. The van der Waals surface area contributed by atoms with Crippen molar-refractivity contribution in [3.8, 4) is 11.5 Å². The Bertz CT molecular complexity index is 393. The van der Waals surface area contributed by atoms with E-state index in [0.29, 0.717) is 12.0 Å². The van der Waals surface area contributed by atoms with Crippen molar-refractivity contribution >= 4 is 0 Å². The number of ether oxygens (including phenoxy) is 2. The third-order valence-electron chi connectivity index (χ3n) is 3.70. The summed E-state index contributed by atoms with van der Waals surface area (Å²) < 4.78 is 10.8. The molecule has 0 aliphatic carbocycles. The molecule has 3 heteroatoms. The summed E-state index contributed by atoms with van der Waals surface area (Å²) in [6, 6.07) is 6.43. The van der Waals surface area contributed by atoms with Gasteiger partial charge in [-0.1, -0.05) is 33.3 Å². The Balaban J connectivity index is 3.04. The molecule has 1 N–H and O–H groups in total. The summed E-state index contributed by atoms with van der Waals surface area (Å²) in [5, 5.41) is 3.66. The molecule has 0 aliphatic rings. The van der Waals surface area contributed by atoms with Crippen LogP contribution in [0.15, 0.2) is 18.2 Å². The smallest absolute Gasteiger partial charge is 0.127 e. The van der Waals surface area contributed by atoms with Crippen LogP contribution in [0.3, 0.4) is 0 Å². The molecule has 0 fully saturated rings. The van der Waals surface area contributed by atoms with Crippen LogP contribution in [0.25, 0.3) is 0 Å². The third kappa shape index (κ3) is 4.41. The van der Waals surface area contributed by atoms with Gasteiger partial charge in [0.1, 0.15) is 11.5 Å². The fraction of sp³-hybridized carbons (Fsp3) is 0.647. The normalized spacial score (nSPS) is 13.8. The predicted molar refractivity (Wildman–Crippen MR) is 84.7 cm³/mol. The molecule has 0 aromatic heterocycles. The maximum absolute atomic E-state index is 5.56. The minimum absolute atomic E-state index is 0.329. The molecule has 1 aromatic carbocycles. The van der Waals surface area contributed by atoms with E-state index in [1.54, 1.807) is 14.2 Å². The Kier molecular flexibility index (Phi) is 7.45. The standard InChI is InChI=1S/C17H29NO2/c1-6-8-13(3)17(18-11-7-2)15-10-9-14(19-4)12-16(15)20-5/h9-10,12-13,17-18H,6-8,11H2,1-5H3. The number of methoxy groups -OCH3 is 2. The van der Waals surface area contributed by atoms with Gasteiger partial charge >= 0.3 is 0 Å². The van der Waals surface area contributed by atoms with E-state index in [4.69, 9.17) is 9.47 Å². The summed E-state index contributed by atoms with van der Waals surface area (Å²) in [4.78, 5) is 0. The van der Waals surface area contributed by atoms with E-state index in [2.05, 4.69) is 32.2 Å². The van der Waals surface area contributed by atoms with Crippen molar-refractivity contribution in [2.75, 3.05) is 20.8 Å². The fourth-order valence-corrected chi connectivity index (χ4v) is 2.61. The third-order valence-corrected chi connectivity index (χ3v) is 3.70. The molecule has 20 heavy (non-hydrogen) atoms. The molecule has 0 amide bonds. The minimum atomic E-state index is 0.329. The van der Waals surface area contributed by atoms with Crippen molar-refractivity contribution < 1.29 is 9.47 Å². The summed E-state index contributed by atoms with van der Waals surface area (Å²) in [6.45, 7) is 7.76. The van der Waals surface area contributed by atoms with Gasteiger partial charge < -0.3 is 14.8 Å². The molecule has 2 atom stereocenters. The molecular weight excluding hydrogens is 250 g/mol. The van der Waals surface area contributed by atoms with Crippen molar-refractivity contribution in [2.45, 2.75) is 46.1 Å². The second kappa shape index (κ2) is 8.85. The first kappa shape index (κ1) is 16.8. The second-order valence-electron chi connectivity index (χ2n) is 5.31. The Morgan fingerprint density at radius 3 is 2.40 bits per heavy atom. The monoisotopic (exact) mass is 279 g/mol. The molecule has 0 saturated heterocycles. The molecule has 1 rings (SSSR count). The van der Waals surface area contributed by atoms with Gasteiger partial charge in [0.15, 0.2) is 0 Å². The molecule has 0 saturated carbocycles. The van der Waals surface area contributed by atoms with Gasteiger partial charge in [-0.3, -0.25) is 0 Å².